The van der Waals surface area contributed by atoms with Gasteiger partial charge in [-0.05, 0) is 49.6 Å². The van der Waals surface area contributed by atoms with E-state index in [4.69, 9.17) is 9.47 Å². The smallest absolute Gasteiger partial charge is 0.161 e. The summed E-state index contributed by atoms with van der Waals surface area (Å²) in [6, 6.07) is 14.7. The van der Waals surface area contributed by atoms with Crippen LogP contribution in [0.15, 0.2) is 60.4 Å². The summed E-state index contributed by atoms with van der Waals surface area (Å²) in [7, 11) is 3.28. The third-order valence-electron chi connectivity index (χ3n) is 5.36. The summed E-state index contributed by atoms with van der Waals surface area (Å²) >= 11 is 0. The zero-order chi connectivity index (χ0) is 20.4. The predicted molar refractivity (Wildman–Crippen MR) is 115 cm³/mol. The van der Waals surface area contributed by atoms with Crippen LogP contribution in [0.3, 0.4) is 0 Å². The van der Waals surface area contributed by atoms with Gasteiger partial charge in [0.15, 0.2) is 11.5 Å². The molecule has 1 aromatic heterocycles. The molecule has 5 heteroatoms. The normalized spacial score (nSPS) is 15.4. The first-order valence-corrected chi connectivity index (χ1v) is 10.0. The Morgan fingerprint density at radius 2 is 1.93 bits per heavy atom. The molecule has 0 spiro atoms. The fraction of sp³-hybridized carbons (Fsp3) is 0.333. The second-order valence-corrected chi connectivity index (χ2v) is 7.63. The number of allylic oxidation sites excluding steroid dienone is 1. The van der Waals surface area contributed by atoms with Crippen molar-refractivity contribution in [2.45, 2.75) is 38.5 Å². The number of benzene rings is 2. The van der Waals surface area contributed by atoms with Crippen molar-refractivity contribution in [3.8, 4) is 11.5 Å². The third-order valence-corrected chi connectivity index (χ3v) is 5.36. The van der Waals surface area contributed by atoms with Crippen LogP contribution in [0.5, 0.6) is 11.5 Å². The first-order chi connectivity index (χ1) is 14.1. The highest BCUT2D eigenvalue weighted by Crippen LogP contribution is 2.31. The van der Waals surface area contributed by atoms with Crippen LogP contribution in [0.25, 0.3) is 10.9 Å². The SMILES string of the molecule is COc1ccc(Cn2cc(C(O)/C=C(\C)NC3CC3)c3ccccc32)cc1OC. The van der Waals surface area contributed by atoms with Crippen LogP contribution in [-0.2, 0) is 6.54 Å². The Morgan fingerprint density at radius 1 is 1.17 bits per heavy atom. The summed E-state index contributed by atoms with van der Waals surface area (Å²) in [4.78, 5) is 0. The van der Waals surface area contributed by atoms with E-state index in [2.05, 4.69) is 22.0 Å². The van der Waals surface area contributed by atoms with Crippen LogP contribution in [0.4, 0.5) is 0 Å². The van der Waals surface area contributed by atoms with Crippen LogP contribution < -0.4 is 14.8 Å². The number of aliphatic hydroxyl groups excluding tert-OH is 1. The Kier molecular flexibility index (Phi) is 5.49. The number of hydrogen-bond donors (Lipinski definition) is 2. The van der Waals surface area contributed by atoms with Crippen molar-refractivity contribution < 1.29 is 14.6 Å². The van der Waals surface area contributed by atoms with Gasteiger partial charge in [-0.15, -0.1) is 0 Å². The second kappa shape index (κ2) is 8.21. The summed E-state index contributed by atoms with van der Waals surface area (Å²) in [6.07, 6.45) is 5.73. The molecule has 152 valence electrons. The van der Waals surface area contributed by atoms with Gasteiger partial charge in [0.05, 0.1) is 14.2 Å². The monoisotopic (exact) mass is 392 g/mol. The van der Waals surface area contributed by atoms with Crippen LogP contribution >= 0.6 is 0 Å². The molecule has 0 radical (unpaired) electrons. The quantitative estimate of drug-likeness (QED) is 0.597. The van der Waals surface area contributed by atoms with E-state index >= 15 is 0 Å². The van der Waals surface area contributed by atoms with Crippen LogP contribution in [0.2, 0.25) is 0 Å². The highest BCUT2D eigenvalue weighted by Gasteiger charge is 2.21. The van der Waals surface area contributed by atoms with Crippen molar-refractivity contribution in [3.63, 3.8) is 0 Å². The summed E-state index contributed by atoms with van der Waals surface area (Å²) < 4.78 is 12.9. The van der Waals surface area contributed by atoms with E-state index in [1.54, 1.807) is 14.2 Å². The fourth-order valence-electron chi connectivity index (χ4n) is 3.74. The first kappa shape index (κ1) is 19.4. The molecule has 1 aliphatic rings. The number of para-hydroxylation sites is 1. The van der Waals surface area contributed by atoms with Gasteiger partial charge in [-0.25, -0.2) is 0 Å². The maximum atomic E-state index is 10.9. The van der Waals surface area contributed by atoms with Crippen molar-refractivity contribution >= 4 is 10.9 Å². The lowest BCUT2D eigenvalue weighted by molar-refractivity contribution is 0.228. The molecule has 1 fully saturated rings. The van der Waals surface area contributed by atoms with E-state index in [9.17, 15) is 5.11 Å². The number of hydrogen-bond acceptors (Lipinski definition) is 4. The van der Waals surface area contributed by atoms with Gasteiger partial charge < -0.3 is 24.5 Å². The van der Waals surface area contributed by atoms with Crippen molar-refractivity contribution in [2.75, 3.05) is 14.2 Å². The molecule has 1 saturated carbocycles. The maximum absolute atomic E-state index is 10.9. The van der Waals surface area contributed by atoms with E-state index in [-0.39, 0.29) is 0 Å². The molecule has 0 saturated heterocycles. The Bertz CT molecular complexity index is 1030. The minimum Gasteiger partial charge on any atom is -0.493 e. The third kappa shape index (κ3) is 4.25. The average molecular weight is 392 g/mol. The molecule has 5 nitrogen and oxygen atoms in total. The average Bonchev–Trinajstić information content (AvgIpc) is 3.47. The molecule has 1 atom stereocenters. The van der Waals surface area contributed by atoms with Crippen LogP contribution in [0, 0.1) is 0 Å². The summed E-state index contributed by atoms with van der Waals surface area (Å²) in [5.41, 5.74) is 4.14. The molecule has 0 aliphatic heterocycles. The number of nitrogens with zero attached hydrogens (tertiary/aromatic N) is 1. The molecule has 29 heavy (non-hydrogen) atoms. The van der Waals surface area contributed by atoms with Gasteiger partial charge in [0.25, 0.3) is 0 Å². The molecule has 2 N–H and O–H groups in total. The minimum atomic E-state index is -0.655. The lowest BCUT2D eigenvalue weighted by Crippen LogP contribution is -2.14. The number of aliphatic hydroxyl groups is 1. The lowest BCUT2D eigenvalue weighted by Gasteiger charge is -2.11. The second-order valence-electron chi connectivity index (χ2n) is 7.63. The summed E-state index contributed by atoms with van der Waals surface area (Å²) in [5, 5.41) is 15.4. The largest absolute Gasteiger partial charge is 0.493 e. The van der Waals surface area contributed by atoms with Crippen molar-refractivity contribution in [1.29, 1.82) is 0 Å². The first-order valence-electron chi connectivity index (χ1n) is 10.0. The fourth-order valence-corrected chi connectivity index (χ4v) is 3.74. The molecule has 3 aromatic rings. The number of fused-ring (bicyclic) bond motifs is 1. The standard InChI is InChI=1S/C24H28N2O3/c1-16(25-18-9-10-18)12-22(27)20-15-26(21-7-5-4-6-19(20)21)14-17-8-11-23(28-2)24(13-17)29-3/h4-8,11-13,15,18,22,25,27H,9-10,14H2,1-3H3/b16-12+. The van der Waals surface area contributed by atoms with Gasteiger partial charge in [-0.1, -0.05) is 24.3 Å². The Hall–Kier alpha value is -2.92. The number of aromatic nitrogens is 1. The lowest BCUT2D eigenvalue weighted by atomic mass is 10.1. The highest BCUT2D eigenvalue weighted by atomic mass is 16.5. The number of nitrogens with one attached hydrogen (secondary N) is 1. The van der Waals surface area contributed by atoms with Gasteiger partial charge in [-0.2, -0.15) is 0 Å². The Morgan fingerprint density at radius 3 is 2.66 bits per heavy atom. The van der Waals surface area contributed by atoms with E-state index < -0.39 is 6.10 Å². The van der Waals surface area contributed by atoms with E-state index in [0.29, 0.717) is 24.1 Å². The van der Waals surface area contributed by atoms with Gasteiger partial charge in [0.1, 0.15) is 6.10 Å². The summed E-state index contributed by atoms with van der Waals surface area (Å²) in [6.45, 7) is 2.70. The molecule has 1 heterocycles. The molecule has 1 aliphatic carbocycles. The van der Waals surface area contributed by atoms with Crippen LogP contribution in [0.1, 0.15) is 37.0 Å². The number of rotatable bonds is 8. The van der Waals surface area contributed by atoms with Crippen molar-refractivity contribution in [1.82, 2.24) is 9.88 Å². The molecule has 0 bridgehead atoms. The molecule has 2 aromatic carbocycles. The zero-order valence-electron chi connectivity index (χ0n) is 17.2. The molecular formula is C24H28N2O3. The number of ether oxygens (including phenoxy) is 2. The predicted octanol–water partition coefficient (Wildman–Crippen LogP) is 4.40. The summed E-state index contributed by atoms with van der Waals surface area (Å²) in [5.74, 6) is 1.43. The van der Waals surface area contributed by atoms with Gasteiger partial charge >= 0.3 is 0 Å². The highest BCUT2D eigenvalue weighted by molar-refractivity contribution is 5.84. The molecule has 4 rings (SSSR count). The maximum Gasteiger partial charge on any atom is 0.161 e. The molecule has 1 unspecified atom stereocenters. The van der Waals surface area contributed by atoms with Gasteiger partial charge in [-0.3, -0.25) is 0 Å². The topological polar surface area (TPSA) is 55.7 Å². The van der Waals surface area contributed by atoms with Gasteiger partial charge in [0, 0.05) is 40.9 Å². The van der Waals surface area contributed by atoms with Crippen LogP contribution in [-0.4, -0.2) is 29.9 Å². The van der Waals surface area contributed by atoms with E-state index in [1.807, 2.05) is 49.5 Å². The molecule has 0 amide bonds. The molecular weight excluding hydrogens is 364 g/mol. The van der Waals surface area contributed by atoms with E-state index in [0.717, 1.165) is 27.7 Å². The Balaban J connectivity index is 1.65. The van der Waals surface area contributed by atoms with Gasteiger partial charge in [0.2, 0.25) is 0 Å². The Labute approximate surface area is 171 Å². The van der Waals surface area contributed by atoms with Crippen molar-refractivity contribution in [3.05, 3.63) is 71.6 Å². The van der Waals surface area contributed by atoms with Crippen molar-refractivity contribution in [2.24, 2.45) is 0 Å². The zero-order valence-corrected chi connectivity index (χ0v) is 17.2. The minimum absolute atomic E-state index is 0.574. The van der Waals surface area contributed by atoms with E-state index in [1.165, 1.54) is 12.8 Å². The number of methoxy groups -OCH3 is 2.